The van der Waals surface area contributed by atoms with Crippen molar-refractivity contribution in [1.29, 1.82) is 0 Å². The Labute approximate surface area is 154 Å². The Morgan fingerprint density at radius 1 is 1.15 bits per heavy atom. The number of rotatable bonds is 6. The number of allylic oxidation sites excluding steroid dienone is 2. The minimum atomic E-state index is -3.72. The summed E-state index contributed by atoms with van der Waals surface area (Å²) in [5, 5.41) is 11.6. The van der Waals surface area contributed by atoms with E-state index in [1.807, 2.05) is 4.90 Å². The molecule has 0 amide bonds. The first kappa shape index (κ1) is 18.8. The van der Waals surface area contributed by atoms with Crippen LogP contribution < -0.4 is 4.90 Å². The van der Waals surface area contributed by atoms with Gasteiger partial charge in [0.25, 0.3) is 5.69 Å². The molecule has 1 heterocycles. The van der Waals surface area contributed by atoms with Crippen LogP contribution in [-0.4, -0.2) is 43.8 Å². The molecule has 1 aromatic carbocycles. The van der Waals surface area contributed by atoms with Crippen LogP contribution in [0.3, 0.4) is 0 Å². The van der Waals surface area contributed by atoms with E-state index in [1.54, 1.807) is 19.9 Å². The average Bonchev–Trinajstić information content (AvgIpc) is 3.06. The van der Waals surface area contributed by atoms with E-state index in [0.717, 1.165) is 25.9 Å². The smallest absolute Gasteiger partial charge is 0.293 e. The Kier molecular flexibility index (Phi) is 5.34. The summed E-state index contributed by atoms with van der Waals surface area (Å²) in [7, 11) is -3.72. The van der Waals surface area contributed by atoms with Crippen molar-refractivity contribution in [2.45, 2.75) is 31.6 Å². The number of anilines is 1. The van der Waals surface area contributed by atoms with Crippen molar-refractivity contribution in [3.63, 3.8) is 0 Å². The number of hydrogen-bond acceptors (Lipinski definition) is 5. The van der Waals surface area contributed by atoms with Crippen LogP contribution in [0.25, 0.3) is 0 Å². The van der Waals surface area contributed by atoms with Crippen molar-refractivity contribution < 1.29 is 13.3 Å². The van der Waals surface area contributed by atoms with Gasteiger partial charge in [0, 0.05) is 32.2 Å². The van der Waals surface area contributed by atoms with Gasteiger partial charge in [-0.25, -0.2) is 8.42 Å². The van der Waals surface area contributed by atoms with Crippen molar-refractivity contribution in [2.24, 2.45) is 11.8 Å². The van der Waals surface area contributed by atoms with Crippen LogP contribution in [-0.2, 0) is 10.0 Å². The number of hydrogen-bond donors (Lipinski definition) is 0. The van der Waals surface area contributed by atoms with E-state index in [-0.39, 0.29) is 10.6 Å². The highest BCUT2D eigenvalue weighted by molar-refractivity contribution is 7.89. The molecule has 0 bridgehead atoms. The Morgan fingerprint density at radius 3 is 2.23 bits per heavy atom. The van der Waals surface area contributed by atoms with E-state index in [4.69, 9.17) is 0 Å². The maximum absolute atomic E-state index is 12.7. The number of fused-ring (bicyclic) bond motifs is 1. The van der Waals surface area contributed by atoms with E-state index < -0.39 is 14.9 Å². The quantitative estimate of drug-likeness (QED) is 0.431. The molecule has 8 heteroatoms. The summed E-state index contributed by atoms with van der Waals surface area (Å²) >= 11 is 0. The van der Waals surface area contributed by atoms with Crippen LogP contribution >= 0.6 is 0 Å². The predicted octanol–water partition coefficient (Wildman–Crippen LogP) is 3.03. The van der Waals surface area contributed by atoms with E-state index in [0.29, 0.717) is 30.6 Å². The maximum Gasteiger partial charge on any atom is 0.293 e. The molecule has 7 nitrogen and oxygen atoms in total. The Balaban J connectivity index is 1.95. The van der Waals surface area contributed by atoms with Crippen LogP contribution in [0.2, 0.25) is 0 Å². The number of nitrogens with zero attached hydrogens (tertiary/aromatic N) is 3. The Bertz CT molecular complexity index is 802. The van der Waals surface area contributed by atoms with E-state index in [9.17, 15) is 18.5 Å². The molecule has 0 N–H and O–H groups in total. The molecule has 142 valence electrons. The number of nitro groups is 1. The zero-order chi connectivity index (χ0) is 18.9. The van der Waals surface area contributed by atoms with E-state index in [2.05, 4.69) is 12.2 Å². The molecular formula is C18H25N3O4S. The van der Waals surface area contributed by atoms with Crippen molar-refractivity contribution in [3.8, 4) is 0 Å². The maximum atomic E-state index is 12.7. The minimum Gasteiger partial charge on any atom is -0.365 e. The number of nitro benzene ring substituents is 1. The van der Waals surface area contributed by atoms with Crippen LogP contribution in [0.5, 0.6) is 0 Å². The molecule has 0 radical (unpaired) electrons. The first-order chi connectivity index (χ1) is 12.4. The lowest BCUT2D eigenvalue weighted by molar-refractivity contribution is -0.384. The van der Waals surface area contributed by atoms with Gasteiger partial charge in [0.15, 0.2) is 0 Å². The van der Waals surface area contributed by atoms with Gasteiger partial charge in [-0.1, -0.05) is 26.0 Å². The van der Waals surface area contributed by atoms with Crippen molar-refractivity contribution >= 4 is 21.4 Å². The molecule has 1 saturated heterocycles. The van der Waals surface area contributed by atoms with Crippen LogP contribution in [0, 0.1) is 22.0 Å². The molecule has 26 heavy (non-hydrogen) atoms. The van der Waals surface area contributed by atoms with Gasteiger partial charge in [0.05, 0.1) is 9.82 Å². The molecule has 1 aliphatic heterocycles. The highest BCUT2D eigenvalue weighted by Crippen LogP contribution is 2.39. The molecule has 1 aliphatic carbocycles. The van der Waals surface area contributed by atoms with Gasteiger partial charge in [-0.15, -0.1) is 0 Å². The first-order valence-electron chi connectivity index (χ1n) is 9.07. The van der Waals surface area contributed by atoms with Gasteiger partial charge in [-0.3, -0.25) is 10.1 Å². The average molecular weight is 379 g/mol. The molecule has 2 unspecified atom stereocenters. The molecule has 0 saturated carbocycles. The van der Waals surface area contributed by atoms with Gasteiger partial charge >= 0.3 is 0 Å². The van der Waals surface area contributed by atoms with E-state index >= 15 is 0 Å². The van der Waals surface area contributed by atoms with Crippen molar-refractivity contribution in [1.82, 2.24) is 4.31 Å². The second-order valence-corrected chi connectivity index (χ2v) is 8.80. The van der Waals surface area contributed by atoms with Crippen molar-refractivity contribution in [2.75, 3.05) is 31.1 Å². The predicted molar refractivity (Wildman–Crippen MR) is 101 cm³/mol. The summed E-state index contributed by atoms with van der Waals surface area (Å²) in [6, 6.07) is 4.30. The molecule has 0 spiro atoms. The fraction of sp³-hybridized carbons (Fsp3) is 0.556. The highest BCUT2D eigenvalue weighted by atomic mass is 32.2. The normalized spacial score (nSPS) is 22.7. The standard InChI is InChI=1S/C18H25N3O4S/c1-3-20(4-2)26(24,25)16-9-10-17(18(11-16)21(22)23)19-12-14-7-5-6-8-15(14)13-19/h5-6,9-11,14-15H,3-4,7-8,12-13H2,1-2H3. The second kappa shape index (κ2) is 7.36. The Hall–Kier alpha value is -1.93. The topological polar surface area (TPSA) is 83.8 Å². The molecular weight excluding hydrogens is 354 g/mol. The Morgan fingerprint density at radius 2 is 1.73 bits per heavy atom. The van der Waals surface area contributed by atoms with Gasteiger partial charge in [0.1, 0.15) is 5.69 Å². The lowest BCUT2D eigenvalue weighted by Gasteiger charge is -2.21. The molecule has 0 aromatic heterocycles. The summed E-state index contributed by atoms with van der Waals surface area (Å²) in [4.78, 5) is 13.2. The highest BCUT2D eigenvalue weighted by Gasteiger charge is 2.36. The third-order valence-electron chi connectivity index (χ3n) is 5.45. The summed E-state index contributed by atoms with van der Waals surface area (Å²) in [6.45, 7) is 5.72. The van der Waals surface area contributed by atoms with Crippen LogP contribution in [0.1, 0.15) is 26.7 Å². The van der Waals surface area contributed by atoms with Gasteiger partial charge in [0.2, 0.25) is 10.0 Å². The van der Waals surface area contributed by atoms with Gasteiger partial charge in [-0.05, 0) is 36.8 Å². The van der Waals surface area contributed by atoms with Crippen molar-refractivity contribution in [3.05, 3.63) is 40.5 Å². The minimum absolute atomic E-state index is 0.0186. The van der Waals surface area contributed by atoms with E-state index in [1.165, 1.54) is 16.4 Å². The molecule has 1 aromatic rings. The summed E-state index contributed by atoms with van der Waals surface area (Å²) in [6.07, 6.45) is 6.37. The summed E-state index contributed by atoms with van der Waals surface area (Å²) < 4.78 is 26.7. The molecule has 3 rings (SSSR count). The summed E-state index contributed by atoms with van der Waals surface area (Å²) in [5.41, 5.74) is 0.382. The fourth-order valence-corrected chi connectivity index (χ4v) is 5.48. The molecule has 1 fully saturated rings. The third-order valence-corrected chi connectivity index (χ3v) is 7.49. The fourth-order valence-electron chi connectivity index (χ4n) is 4.00. The lowest BCUT2D eigenvalue weighted by atomic mass is 9.86. The molecule has 2 aliphatic rings. The first-order valence-corrected chi connectivity index (χ1v) is 10.5. The zero-order valence-electron chi connectivity index (χ0n) is 15.2. The summed E-state index contributed by atoms with van der Waals surface area (Å²) in [5.74, 6) is 1.03. The van der Waals surface area contributed by atoms with Gasteiger partial charge in [-0.2, -0.15) is 4.31 Å². The number of benzene rings is 1. The second-order valence-electron chi connectivity index (χ2n) is 6.86. The SMILES string of the molecule is CCN(CC)S(=O)(=O)c1ccc(N2CC3CC=CCC3C2)c([N+](=O)[O-])c1. The monoisotopic (exact) mass is 379 g/mol. The van der Waals surface area contributed by atoms with Crippen LogP contribution in [0.4, 0.5) is 11.4 Å². The largest absolute Gasteiger partial charge is 0.365 e. The zero-order valence-corrected chi connectivity index (χ0v) is 16.0. The number of sulfonamides is 1. The van der Waals surface area contributed by atoms with Gasteiger partial charge < -0.3 is 4.90 Å². The molecule has 2 atom stereocenters. The lowest BCUT2D eigenvalue weighted by Crippen LogP contribution is -2.30. The van der Waals surface area contributed by atoms with Crippen LogP contribution in [0.15, 0.2) is 35.2 Å². The third kappa shape index (κ3) is 3.35.